The molecule has 0 atom stereocenters. The summed E-state index contributed by atoms with van der Waals surface area (Å²) in [7, 11) is -1.34. The maximum atomic E-state index is 8.58. The molecule has 2 rings (SSSR count). The first-order valence-corrected chi connectivity index (χ1v) is 6.92. The van der Waals surface area contributed by atoms with E-state index in [1.165, 1.54) is 0 Å². The molecule has 0 unspecified atom stereocenters. The van der Waals surface area contributed by atoms with E-state index in [2.05, 4.69) is 0 Å². The maximum Gasteiger partial charge on any atom is 0.488 e. The lowest BCUT2D eigenvalue weighted by atomic mass is 9.81. The van der Waals surface area contributed by atoms with Gasteiger partial charge < -0.3 is 15.8 Å². The van der Waals surface area contributed by atoms with Gasteiger partial charge in [-0.1, -0.05) is 76.2 Å². The highest BCUT2D eigenvalue weighted by Crippen LogP contribution is 1.95. The molecule has 0 fully saturated rings. The third-order valence-corrected chi connectivity index (χ3v) is 1.90. The Morgan fingerprint density at radius 1 is 0.700 bits per heavy atom. The van der Waals surface area contributed by atoms with E-state index in [1.807, 2.05) is 64.1 Å². The fourth-order valence-electron chi connectivity index (χ4n) is 1.08. The van der Waals surface area contributed by atoms with Crippen molar-refractivity contribution in [2.75, 3.05) is 5.73 Å². The topological polar surface area (TPSA) is 66.5 Å². The van der Waals surface area contributed by atoms with E-state index < -0.39 is 7.12 Å². The molecule has 0 aromatic heterocycles. The highest BCUT2D eigenvalue weighted by Gasteiger charge is 2.07. The number of benzene rings is 2. The van der Waals surface area contributed by atoms with Crippen molar-refractivity contribution in [3.05, 3.63) is 60.7 Å². The molecule has 0 saturated carbocycles. The second-order valence-electron chi connectivity index (χ2n) is 3.20. The summed E-state index contributed by atoms with van der Waals surface area (Å²) in [5.41, 5.74) is 6.71. The first kappa shape index (κ1) is 20.5. The zero-order chi connectivity index (χ0) is 15.8. The molecule has 0 radical (unpaired) electrons. The van der Waals surface area contributed by atoms with Crippen molar-refractivity contribution in [3.63, 3.8) is 0 Å². The average Bonchev–Trinajstić information content (AvgIpc) is 2.53. The molecule has 0 amide bonds. The lowest BCUT2D eigenvalue weighted by Gasteiger charge is -1.94. The van der Waals surface area contributed by atoms with Gasteiger partial charge in [-0.15, -0.1) is 0 Å². The number of para-hydroxylation sites is 1. The SMILES string of the molecule is CC.CC.Nc1ccccc1.OB(O)c1ccccc1. The van der Waals surface area contributed by atoms with E-state index in [-0.39, 0.29) is 0 Å². The zero-order valence-electron chi connectivity index (χ0n) is 12.8. The molecule has 0 heterocycles. The van der Waals surface area contributed by atoms with Crippen LogP contribution in [0.5, 0.6) is 0 Å². The summed E-state index contributed by atoms with van der Waals surface area (Å²) in [6.45, 7) is 8.00. The van der Waals surface area contributed by atoms with Crippen LogP contribution in [0.4, 0.5) is 5.69 Å². The Hall–Kier alpha value is -1.78. The molecule has 0 aliphatic heterocycles. The summed E-state index contributed by atoms with van der Waals surface area (Å²) in [4.78, 5) is 0. The van der Waals surface area contributed by atoms with Gasteiger partial charge in [0.1, 0.15) is 0 Å². The van der Waals surface area contributed by atoms with Crippen LogP contribution < -0.4 is 11.2 Å². The standard InChI is InChI=1S/C6H7BO2.C6H7N.2C2H6/c8-7(9)6-4-2-1-3-5-6;7-6-4-2-1-3-5-6;2*1-2/h1-5,8-9H;1-5H,7H2;2*1-2H3. The molecule has 0 bridgehead atoms. The molecule has 0 aliphatic rings. The highest BCUT2D eigenvalue weighted by atomic mass is 16.4. The molecule has 20 heavy (non-hydrogen) atoms. The van der Waals surface area contributed by atoms with Gasteiger partial charge in [0.15, 0.2) is 0 Å². The van der Waals surface area contributed by atoms with E-state index in [0.717, 1.165) is 5.69 Å². The summed E-state index contributed by atoms with van der Waals surface area (Å²) in [5.74, 6) is 0. The second-order valence-corrected chi connectivity index (χ2v) is 3.20. The number of rotatable bonds is 1. The number of hydrogen-bond acceptors (Lipinski definition) is 3. The quantitative estimate of drug-likeness (QED) is 0.553. The molecule has 2 aromatic rings. The van der Waals surface area contributed by atoms with Crippen molar-refractivity contribution in [2.45, 2.75) is 27.7 Å². The third kappa shape index (κ3) is 11.3. The highest BCUT2D eigenvalue weighted by molar-refractivity contribution is 6.58. The molecule has 4 heteroatoms. The number of nitrogens with two attached hydrogens (primary N) is 1. The Morgan fingerprint density at radius 3 is 1.25 bits per heavy atom. The van der Waals surface area contributed by atoms with Gasteiger partial charge in [0.05, 0.1) is 0 Å². The van der Waals surface area contributed by atoms with Crippen LogP contribution in [0, 0.1) is 0 Å². The summed E-state index contributed by atoms with van der Waals surface area (Å²) < 4.78 is 0. The van der Waals surface area contributed by atoms with Crippen molar-refractivity contribution in [1.82, 2.24) is 0 Å². The van der Waals surface area contributed by atoms with Crippen LogP contribution in [0.25, 0.3) is 0 Å². The minimum absolute atomic E-state index is 0.525. The minimum Gasteiger partial charge on any atom is -0.423 e. The largest absolute Gasteiger partial charge is 0.488 e. The van der Waals surface area contributed by atoms with Crippen LogP contribution in [0.3, 0.4) is 0 Å². The summed E-state index contributed by atoms with van der Waals surface area (Å²) in [5, 5.41) is 17.2. The normalized spacial score (nSPS) is 7.70. The van der Waals surface area contributed by atoms with Crippen molar-refractivity contribution >= 4 is 18.3 Å². The van der Waals surface area contributed by atoms with Gasteiger partial charge in [-0.2, -0.15) is 0 Å². The van der Waals surface area contributed by atoms with E-state index >= 15 is 0 Å². The van der Waals surface area contributed by atoms with Gasteiger partial charge in [-0.05, 0) is 17.6 Å². The number of hydrogen-bond donors (Lipinski definition) is 3. The van der Waals surface area contributed by atoms with Gasteiger partial charge in [-0.3, -0.25) is 0 Å². The van der Waals surface area contributed by atoms with Gasteiger partial charge >= 0.3 is 7.12 Å². The van der Waals surface area contributed by atoms with Gasteiger partial charge in [-0.25, -0.2) is 0 Å². The Balaban J connectivity index is 0. The number of anilines is 1. The van der Waals surface area contributed by atoms with E-state index in [1.54, 1.807) is 24.3 Å². The second kappa shape index (κ2) is 15.3. The van der Waals surface area contributed by atoms with Crippen LogP contribution in [0.1, 0.15) is 27.7 Å². The van der Waals surface area contributed by atoms with Crippen LogP contribution in [0.2, 0.25) is 0 Å². The number of nitrogen functional groups attached to an aromatic ring is 1. The van der Waals surface area contributed by atoms with Gasteiger partial charge in [0.25, 0.3) is 0 Å². The first-order chi connectivity index (χ1) is 9.70. The van der Waals surface area contributed by atoms with E-state index in [0.29, 0.717) is 5.46 Å². The van der Waals surface area contributed by atoms with E-state index in [4.69, 9.17) is 15.8 Å². The average molecular weight is 275 g/mol. The van der Waals surface area contributed by atoms with Crippen LogP contribution in [-0.4, -0.2) is 17.2 Å². The van der Waals surface area contributed by atoms with Crippen molar-refractivity contribution in [2.24, 2.45) is 0 Å². The first-order valence-electron chi connectivity index (χ1n) is 6.92. The molecule has 0 saturated heterocycles. The summed E-state index contributed by atoms with van der Waals surface area (Å²) >= 11 is 0. The molecule has 3 nitrogen and oxygen atoms in total. The van der Waals surface area contributed by atoms with Crippen LogP contribution in [-0.2, 0) is 0 Å². The summed E-state index contributed by atoms with van der Waals surface area (Å²) in [6, 6.07) is 18.1. The lowest BCUT2D eigenvalue weighted by Crippen LogP contribution is -2.29. The predicted octanol–water partition coefficient (Wildman–Crippen LogP) is 2.69. The molecular weight excluding hydrogens is 249 g/mol. The van der Waals surface area contributed by atoms with Crippen molar-refractivity contribution < 1.29 is 10.0 Å². The van der Waals surface area contributed by atoms with Gasteiger partial charge in [0.2, 0.25) is 0 Å². The summed E-state index contributed by atoms with van der Waals surface area (Å²) in [6.07, 6.45) is 0. The molecule has 4 N–H and O–H groups in total. The minimum atomic E-state index is -1.34. The molecule has 2 aromatic carbocycles. The Bertz CT molecular complexity index is 394. The smallest absolute Gasteiger partial charge is 0.423 e. The Kier molecular flexibility index (Phi) is 15.7. The van der Waals surface area contributed by atoms with Crippen LogP contribution in [0.15, 0.2) is 60.7 Å². The van der Waals surface area contributed by atoms with Crippen molar-refractivity contribution in [3.8, 4) is 0 Å². The molecule has 110 valence electrons. The molecular formula is C16H26BNO2. The molecule has 0 spiro atoms. The Labute approximate surface area is 123 Å². The monoisotopic (exact) mass is 275 g/mol. The lowest BCUT2D eigenvalue weighted by molar-refractivity contribution is 0.426. The van der Waals surface area contributed by atoms with Crippen molar-refractivity contribution in [1.29, 1.82) is 0 Å². The maximum absolute atomic E-state index is 8.58. The third-order valence-electron chi connectivity index (χ3n) is 1.90. The Morgan fingerprint density at radius 2 is 1.05 bits per heavy atom. The van der Waals surface area contributed by atoms with E-state index in [9.17, 15) is 0 Å². The molecule has 0 aliphatic carbocycles. The predicted molar refractivity (Wildman–Crippen MR) is 89.8 cm³/mol. The zero-order valence-corrected chi connectivity index (χ0v) is 12.8. The van der Waals surface area contributed by atoms with Gasteiger partial charge in [0, 0.05) is 5.69 Å². The fraction of sp³-hybridized carbons (Fsp3) is 0.250. The fourth-order valence-corrected chi connectivity index (χ4v) is 1.08. The van der Waals surface area contributed by atoms with Crippen LogP contribution >= 0.6 is 0 Å².